The van der Waals surface area contributed by atoms with E-state index in [0.717, 1.165) is 48.6 Å². The predicted molar refractivity (Wildman–Crippen MR) is 132 cm³/mol. The highest BCUT2D eigenvalue weighted by Crippen LogP contribution is 2.28. The molecule has 1 unspecified atom stereocenters. The van der Waals surface area contributed by atoms with Crippen LogP contribution in [0.15, 0.2) is 29.3 Å². The van der Waals surface area contributed by atoms with E-state index in [-0.39, 0.29) is 29.7 Å². The van der Waals surface area contributed by atoms with Gasteiger partial charge in [0.25, 0.3) is 0 Å². The molecular weight excluding hydrogens is 499 g/mol. The van der Waals surface area contributed by atoms with E-state index in [9.17, 15) is 8.42 Å². The minimum absolute atomic E-state index is 0. The maximum Gasteiger partial charge on any atom is 0.215 e. The van der Waals surface area contributed by atoms with Gasteiger partial charge < -0.3 is 10.2 Å². The van der Waals surface area contributed by atoms with Crippen LogP contribution in [-0.4, -0.2) is 46.0 Å². The van der Waals surface area contributed by atoms with E-state index in [1.165, 1.54) is 26.3 Å². The molecule has 1 aliphatic heterocycles. The fraction of sp³-hybridized carbons (Fsp3) is 0.667. The molecule has 0 amide bonds. The molecule has 166 valence electrons. The quantitative estimate of drug-likeness (QED) is 0.288. The molecular formula is C21H37IN4O2S. The Labute approximate surface area is 194 Å². The summed E-state index contributed by atoms with van der Waals surface area (Å²) in [5, 5.41) is 3.43. The van der Waals surface area contributed by atoms with Gasteiger partial charge in [0.2, 0.25) is 10.0 Å². The van der Waals surface area contributed by atoms with Crippen molar-refractivity contribution in [3.63, 3.8) is 0 Å². The van der Waals surface area contributed by atoms with Gasteiger partial charge in [-0.3, -0.25) is 0 Å². The average molecular weight is 537 g/mol. The van der Waals surface area contributed by atoms with E-state index in [2.05, 4.69) is 35.7 Å². The third-order valence-electron chi connectivity index (χ3n) is 5.68. The zero-order valence-electron chi connectivity index (χ0n) is 18.1. The number of sulfonamides is 1. The summed E-state index contributed by atoms with van der Waals surface area (Å²) in [6.07, 6.45) is 3.74. The van der Waals surface area contributed by atoms with E-state index in [0.29, 0.717) is 6.54 Å². The van der Waals surface area contributed by atoms with Crippen molar-refractivity contribution >= 4 is 40.0 Å². The van der Waals surface area contributed by atoms with E-state index >= 15 is 0 Å². The smallest absolute Gasteiger partial charge is 0.215 e. The zero-order chi connectivity index (χ0) is 20.6. The summed E-state index contributed by atoms with van der Waals surface area (Å²) in [5.41, 5.74) is 1.86. The average Bonchev–Trinajstić information content (AvgIpc) is 3.17. The molecule has 1 heterocycles. The summed E-state index contributed by atoms with van der Waals surface area (Å²) < 4.78 is 25.7. The van der Waals surface area contributed by atoms with Gasteiger partial charge in [-0.1, -0.05) is 51.0 Å². The van der Waals surface area contributed by atoms with Gasteiger partial charge in [0.1, 0.15) is 0 Å². The maximum atomic E-state index is 11.7. The van der Waals surface area contributed by atoms with Crippen molar-refractivity contribution in [1.82, 2.24) is 14.9 Å². The van der Waals surface area contributed by atoms with Crippen LogP contribution in [0.2, 0.25) is 0 Å². The Morgan fingerprint density at radius 1 is 1.17 bits per heavy atom. The van der Waals surface area contributed by atoms with Crippen LogP contribution in [0.5, 0.6) is 0 Å². The highest BCUT2D eigenvalue weighted by molar-refractivity contribution is 14.0. The fourth-order valence-corrected chi connectivity index (χ4v) is 4.72. The summed E-state index contributed by atoms with van der Waals surface area (Å²) in [7, 11) is -1.80. The van der Waals surface area contributed by atoms with Crippen molar-refractivity contribution in [1.29, 1.82) is 0 Å². The number of nitrogens with one attached hydrogen (secondary N) is 2. The first-order valence-electron chi connectivity index (χ1n) is 10.4. The van der Waals surface area contributed by atoms with Crippen LogP contribution in [0.4, 0.5) is 0 Å². The van der Waals surface area contributed by atoms with Crippen molar-refractivity contribution in [3.05, 3.63) is 35.4 Å². The number of aliphatic imine (C=N–C) groups is 1. The van der Waals surface area contributed by atoms with E-state index < -0.39 is 10.0 Å². The highest BCUT2D eigenvalue weighted by Gasteiger charge is 2.29. The Bertz CT molecular complexity index is 734. The lowest BCUT2D eigenvalue weighted by atomic mass is 9.87. The SMILES string of the molecule is CCNC(=NCc1ccc(CS(=O)(=O)NC)cc1)N1CCC(C(CC)CC)C1.I. The minimum Gasteiger partial charge on any atom is -0.357 e. The molecule has 8 heteroatoms. The lowest BCUT2D eigenvalue weighted by molar-refractivity contribution is 0.319. The van der Waals surface area contributed by atoms with Gasteiger partial charge in [-0.15, -0.1) is 24.0 Å². The molecule has 2 N–H and O–H groups in total. The first-order valence-corrected chi connectivity index (χ1v) is 12.1. The molecule has 1 aromatic rings. The lowest BCUT2D eigenvalue weighted by Crippen LogP contribution is -2.40. The molecule has 0 radical (unpaired) electrons. The Kier molecular flexibility index (Phi) is 11.5. The lowest BCUT2D eigenvalue weighted by Gasteiger charge is -2.24. The van der Waals surface area contributed by atoms with Crippen LogP contribution in [0.3, 0.4) is 0 Å². The molecule has 6 nitrogen and oxygen atoms in total. The van der Waals surface area contributed by atoms with Gasteiger partial charge in [0, 0.05) is 19.6 Å². The van der Waals surface area contributed by atoms with Gasteiger partial charge >= 0.3 is 0 Å². The standard InChI is InChI=1S/C21H36N4O2S.HI/c1-5-19(6-2)20-12-13-25(15-20)21(23-7-3)24-14-17-8-10-18(11-9-17)16-28(26,27)22-4;/h8-11,19-20,22H,5-7,12-16H2,1-4H3,(H,23,24);1H. The largest absolute Gasteiger partial charge is 0.357 e. The first-order chi connectivity index (χ1) is 13.4. The Morgan fingerprint density at radius 2 is 1.79 bits per heavy atom. The minimum atomic E-state index is -3.24. The second-order valence-corrected chi connectivity index (χ2v) is 9.45. The van der Waals surface area contributed by atoms with Gasteiger partial charge in [-0.2, -0.15) is 0 Å². The van der Waals surface area contributed by atoms with Crippen LogP contribution in [0, 0.1) is 11.8 Å². The molecule has 1 fully saturated rings. The molecule has 0 spiro atoms. The van der Waals surface area contributed by atoms with Crippen molar-refractivity contribution in [3.8, 4) is 0 Å². The molecule has 2 rings (SSSR count). The summed E-state index contributed by atoms with van der Waals surface area (Å²) >= 11 is 0. The maximum absolute atomic E-state index is 11.7. The number of rotatable bonds is 9. The fourth-order valence-electron chi connectivity index (χ4n) is 3.94. The molecule has 1 aliphatic rings. The van der Waals surface area contributed by atoms with Crippen LogP contribution < -0.4 is 10.0 Å². The van der Waals surface area contributed by atoms with Crippen molar-refractivity contribution < 1.29 is 8.42 Å². The Balaban J connectivity index is 0.00000420. The van der Waals surface area contributed by atoms with Crippen molar-refractivity contribution in [2.24, 2.45) is 16.8 Å². The number of likely N-dealkylation sites (tertiary alicyclic amines) is 1. The number of guanidine groups is 1. The number of benzene rings is 1. The zero-order valence-corrected chi connectivity index (χ0v) is 21.3. The monoisotopic (exact) mass is 536 g/mol. The molecule has 29 heavy (non-hydrogen) atoms. The van der Waals surface area contributed by atoms with Crippen molar-refractivity contribution in [2.75, 3.05) is 26.7 Å². The molecule has 0 aromatic heterocycles. The third-order valence-corrected chi connectivity index (χ3v) is 7.01. The van der Waals surface area contributed by atoms with E-state index in [1.807, 2.05) is 24.3 Å². The topological polar surface area (TPSA) is 73.8 Å². The van der Waals surface area contributed by atoms with E-state index in [4.69, 9.17) is 4.99 Å². The van der Waals surface area contributed by atoms with Crippen LogP contribution in [0.25, 0.3) is 0 Å². The normalized spacial score (nSPS) is 17.5. The first kappa shape index (κ1) is 26.2. The summed E-state index contributed by atoms with van der Waals surface area (Å²) in [6, 6.07) is 7.66. The summed E-state index contributed by atoms with van der Waals surface area (Å²) in [5.74, 6) is 2.54. The summed E-state index contributed by atoms with van der Waals surface area (Å²) in [4.78, 5) is 7.22. The molecule has 0 aliphatic carbocycles. The molecule has 0 saturated carbocycles. The van der Waals surface area contributed by atoms with Gasteiger partial charge in [0.05, 0.1) is 12.3 Å². The molecule has 1 aromatic carbocycles. The third kappa shape index (κ3) is 8.05. The van der Waals surface area contributed by atoms with E-state index in [1.54, 1.807) is 0 Å². The predicted octanol–water partition coefficient (Wildman–Crippen LogP) is 3.58. The second kappa shape index (κ2) is 12.7. The number of hydrogen-bond acceptors (Lipinski definition) is 3. The number of halogens is 1. The van der Waals surface area contributed by atoms with Gasteiger partial charge in [-0.05, 0) is 43.4 Å². The highest BCUT2D eigenvalue weighted by atomic mass is 127. The van der Waals surface area contributed by atoms with Crippen molar-refractivity contribution in [2.45, 2.75) is 52.3 Å². The Morgan fingerprint density at radius 3 is 2.34 bits per heavy atom. The molecule has 0 bridgehead atoms. The van der Waals surface area contributed by atoms with Crippen LogP contribution in [-0.2, 0) is 22.3 Å². The summed E-state index contributed by atoms with van der Waals surface area (Å²) in [6.45, 7) is 10.3. The number of hydrogen-bond donors (Lipinski definition) is 2. The van der Waals surface area contributed by atoms with Gasteiger partial charge in [0.15, 0.2) is 5.96 Å². The second-order valence-electron chi connectivity index (χ2n) is 7.52. The molecule has 1 saturated heterocycles. The van der Waals surface area contributed by atoms with Gasteiger partial charge in [-0.25, -0.2) is 18.1 Å². The Hall–Kier alpha value is -0.870. The molecule has 1 atom stereocenters. The van der Waals surface area contributed by atoms with Crippen LogP contribution in [0.1, 0.15) is 51.2 Å². The number of nitrogens with zero attached hydrogens (tertiary/aromatic N) is 2. The van der Waals surface area contributed by atoms with Crippen LogP contribution >= 0.6 is 24.0 Å².